The molecule has 0 radical (unpaired) electrons. The van der Waals surface area contributed by atoms with Gasteiger partial charge in [-0.2, -0.15) is 0 Å². The van der Waals surface area contributed by atoms with Crippen molar-refractivity contribution >= 4 is 27.8 Å². The highest BCUT2D eigenvalue weighted by Gasteiger charge is 2.28. The number of rotatable bonds is 3. The van der Waals surface area contributed by atoms with Gasteiger partial charge in [0.25, 0.3) is 5.91 Å². The number of carbonyl (C=O) groups is 2. The van der Waals surface area contributed by atoms with E-state index >= 15 is 0 Å². The van der Waals surface area contributed by atoms with Crippen LogP contribution in [0, 0.1) is 5.92 Å². The van der Waals surface area contributed by atoms with Gasteiger partial charge in [0.15, 0.2) is 0 Å². The predicted octanol–water partition coefficient (Wildman–Crippen LogP) is 2.25. The molecule has 110 valence electrons. The van der Waals surface area contributed by atoms with Crippen LogP contribution in [0.3, 0.4) is 0 Å². The van der Waals surface area contributed by atoms with Gasteiger partial charge in [-0.3, -0.25) is 9.59 Å². The number of methoxy groups -OCH3 is 1. The molecule has 0 bridgehead atoms. The maximum Gasteiger partial charge on any atom is 0.308 e. The molecule has 0 spiro atoms. The van der Waals surface area contributed by atoms with Crippen LogP contribution in [0.15, 0.2) is 16.7 Å². The fourth-order valence-electron chi connectivity index (χ4n) is 2.65. The Balaban J connectivity index is 1.88. The number of hydrogen-bond donors (Lipinski definition) is 1. The zero-order chi connectivity index (χ0) is 14.7. The molecule has 1 aliphatic carbocycles. The van der Waals surface area contributed by atoms with E-state index in [1.165, 1.54) is 7.11 Å². The maximum absolute atomic E-state index is 12.2. The minimum atomic E-state index is -0.138. The molecule has 1 fully saturated rings. The Kier molecular flexibility index (Phi) is 4.86. The number of esters is 1. The molecule has 0 unspecified atom stereocenters. The highest BCUT2D eigenvalue weighted by molar-refractivity contribution is 9.10. The average molecular weight is 343 g/mol. The highest BCUT2D eigenvalue weighted by Crippen LogP contribution is 2.25. The third-order valence-electron chi connectivity index (χ3n) is 3.80. The third kappa shape index (κ3) is 3.42. The summed E-state index contributed by atoms with van der Waals surface area (Å²) in [6, 6.07) is 1.94. The first-order valence-electron chi connectivity index (χ1n) is 6.71. The molecular formula is C14H19BrN2O3. The molecule has 0 aromatic carbocycles. The number of carbonyl (C=O) groups excluding carboxylic acids is 2. The molecule has 0 atom stereocenters. The number of nitrogens with zero attached hydrogens (tertiary/aromatic N) is 1. The normalized spacial score (nSPS) is 22.4. The Morgan fingerprint density at radius 1 is 1.35 bits per heavy atom. The maximum atomic E-state index is 12.2. The number of aryl methyl sites for hydroxylation is 1. The minimum Gasteiger partial charge on any atom is -0.469 e. The van der Waals surface area contributed by atoms with E-state index in [0.29, 0.717) is 5.69 Å². The second-order valence-electron chi connectivity index (χ2n) is 5.20. The van der Waals surface area contributed by atoms with Gasteiger partial charge in [0.05, 0.1) is 13.0 Å². The van der Waals surface area contributed by atoms with Crippen molar-refractivity contribution in [3.63, 3.8) is 0 Å². The van der Waals surface area contributed by atoms with Crippen LogP contribution < -0.4 is 5.32 Å². The first kappa shape index (κ1) is 15.1. The van der Waals surface area contributed by atoms with Crippen molar-refractivity contribution in [3.05, 3.63) is 22.4 Å². The van der Waals surface area contributed by atoms with Crippen LogP contribution in [-0.2, 0) is 16.6 Å². The number of halogens is 1. The van der Waals surface area contributed by atoms with Crippen molar-refractivity contribution < 1.29 is 14.3 Å². The standard InChI is InChI=1S/C14H19BrN2O3/c1-17-8-10(15)7-12(17)13(18)16-11-5-3-9(4-6-11)14(19)20-2/h7-9,11H,3-6H2,1-2H3,(H,16,18). The lowest BCUT2D eigenvalue weighted by Gasteiger charge is -2.27. The zero-order valence-electron chi connectivity index (χ0n) is 11.7. The fourth-order valence-corrected chi connectivity index (χ4v) is 3.17. The van der Waals surface area contributed by atoms with Gasteiger partial charge in [0.2, 0.25) is 0 Å². The number of ether oxygens (including phenoxy) is 1. The van der Waals surface area contributed by atoms with Gasteiger partial charge in [0.1, 0.15) is 5.69 Å². The van der Waals surface area contributed by atoms with E-state index in [2.05, 4.69) is 21.2 Å². The van der Waals surface area contributed by atoms with Crippen molar-refractivity contribution in [2.75, 3.05) is 7.11 Å². The van der Waals surface area contributed by atoms with Crippen LogP contribution >= 0.6 is 15.9 Å². The lowest BCUT2D eigenvalue weighted by atomic mass is 9.86. The number of hydrogen-bond acceptors (Lipinski definition) is 3. The topological polar surface area (TPSA) is 60.3 Å². The van der Waals surface area contributed by atoms with Crippen molar-refractivity contribution in [2.45, 2.75) is 31.7 Å². The van der Waals surface area contributed by atoms with Gasteiger partial charge >= 0.3 is 5.97 Å². The van der Waals surface area contributed by atoms with Crippen LogP contribution in [0.1, 0.15) is 36.2 Å². The summed E-state index contributed by atoms with van der Waals surface area (Å²) in [5, 5.41) is 3.03. The largest absolute Gasteiger partial charge is 0.469 e. The lowest BCUT2D eigenvalue weighted by molar-refractivity contribution is -0.146. The smallest absolute Gasteiger partial charge is 0.308 e. The number of nitrogens with one attached hydrogen (secondary N) is 1. The summed E-state index contributed by atoms with van der Waals surface area (Å²) in [5.41, 5.74) is 0.631. The van der Waals surface area contributed by atoms with E-state index in [4.69, 9.17) is 4.74 Å². The minimum absolute atomic E-state index is 0.0164. The van der Waals surface area contributed by atoms with Crippen molar-refractivity contribution in [1.29, 1.82) is 0 Å². The Morgan fingerprint density at radius 3 is 2.50 bits per heavy atom. The average Bonchev–Trinajstić information content (AvgIpc) is 2.78. The Labute approximate surface area is 126 Å². The summed E-state index contributed by atoms with van der Waals surface area (Å²) in [6.45, 7) is 0. The van der Waals surface area contributed by atoms with Gasteiger partial charge in [0, 0.05) is 23.8 Å². The first-order chi connectivity index (χ1) is 9.51. The third-order valence-corrected chi connectivity index (χ3v) is 4.23. The van der Waals surface area contributed by atoms with Gasteiger partial charge in [-0.15, -0.1) is 0 Å². The molecule has 2 rings (SSSR count). The van der Waals surface area contributed by atoms with Crippen LogP contribution in [0.2, 0.25) is 0 Å². The summed E-state index contributed by atoms with van der Waals surface area (Å²) in [7, 11) is 3.26. The molecular weight excluding hydrogens is 324 g/mol. The first-order valence-corrected chi connectivity index (χ1v) is 7.51. The number of aromatic nitrogens is 1. The van der Waals surface area contributed by atoms with Gasteiger partial charge in [-0.25, -0.2) is 0 Å². The summed E-state index contributed by atoms with van der Waals surface area (Å²) in [4.78, 5) is 23.6. The summed E-state index contributed by atoms with van der Waals surface area (Å²) < 4.78 is 7.44. The molecule has 1 heterocycles. The molecule has 20 heavy (non-hydrogen) atoms. The zero-order valence-corrected chi connectivity index (χ0v) is 13.3. The highest BCUT2D eigenvalue weighted by atomic mass is 79.9. The Bertz CT molecular complexity index is 505. The van der Waals surface area contributed by atoms with Gasteiger partial charge in [-0.1, -0.05) is 0 Å². The summed E-state index contributed by atoms with van der Waals surface area (Å²) in [5.74, 6) is -0.224. The molecule has 1 N–H and O–H groups in total. The second kappa shape index (κ2) is 6.43. The van der Waals surface area contributed by atoms with Crippen LogP contribution in [-0.4, -0.2) is 29.6 Å². The molecule has 1 amide bonds. The lowest BCUT2D eigenvalue weighted by Crippen LogP contribution is -2.39. The summed E-state index contributed by atoms with van der Waals surface area (Å²) >= 11 is 3.36. The molecule has 1 aromatic rings. The van der Waals surface area contributed by atoms with Crippen LogP contribution in [0.5, 0.6) is 0 Å². The quantitative estimate of drug-likeness (QED) is 0.857. The van der Waals surface area contributed by atoms with E-state index in [1.54, 1.807) is 10.6 Å². The molecule has 5 nitrogen and oxygen atoms in total. The SMILES string of the molecule is COC(=O)C1CCC(NC(=O)c2cc(Br)cn2C)CC1. The van der Waals surface area contributed by atoms with Crippen molar-refractivity contribution in [3.8, 4) is 0 Å². The fraction of sp³-hybridized carbons (Fsp3) is 0.571. The van der Waals surface area contributed by atoms with E-state index < -0.39 is 0 Å². The van der Waals surface area contributed by atoms with Crippen molar-refractivity contribution in [2.24, 2.45) is 13.0 Å². The number of amides is 1. The molecule has 1 aliphatic rings. The summed E-state index contributed by atoms with van der Waals surface area (Å²) in [6.07, 6.45) is 5.03. The monoisotopic (exact) mass is 342 g/mol. The Morgan fingerprint density at radius 2 is 2.00 bits per heavy atom. The molecule has 1 aromatic heterocycles. The van der Waals surface area contributed by atoms with Crippen LogP contribution in [0.25, 0.3) is 0 Å². The predicted molar refractivity (Wildman–Crippen MR) is 78.3 cm³/mol. The van der Waals surface area contributed by atoms with Crippen LogP contribution in [0.4, 0.5) is 0 Å². The van der Waals surface area contributed by atoms with Gasteiger partial charge in [-0.05, 0) is 47.7 Å². The molecule has 1 saturated carbocycles. The Hall–Kier alpha value is -1.30. The van der Waals surface area contributed by atoms with E-state index in [9.17, 15) is 9.59 Å². The molecule has 0 saturated heterocycles. The van der Waals surface area contributed by atoms with E-state index in [-0.39, 0.29) is 23.8 Å². The van der Waals surface area contributed by atoms with E-state index in [0.717, 1.165) is 30.2 Å². The van der Waals surface area contributed by atoms with Gasteiger partial charge < -0.3 is 14.6 Å². The van der Waals surface area contributed by atoms with Crippen molar-refractivity contribution in [1.82, 2.24) is 9.88 Å². The van der Waals surface area contributed by atoms with E-state index in [1.807, 2.05) is 13.2 Å². The molecule has 6 heteroatoms. The second-order valence-corrected chi connectivity index (χ2v) is 6.12. The molecule has 0 aliphatic heterocycles.